The van der Waals surface area contributed by atoms with Crippen LogP contribution < -0.4 is 0 Å². The summed E-state index contributed by atoms with van der Waals surface area (Å²) in [6.45, 7) is 2.50. The van der Waals surface area contributed by atoms with Gasteiger partial charge in [-0.3, -0.25) is 23.2 Å². The number of phosphoric ester groups is 2. The predicted molar refractivity (Wildman–Crippen MR) is 273 cm³/mol. The predicted octanol–water partition coefficient (Wildman–Crippen LogP) is 6.64. The number of unbranched alkanes of at least 4 members (excludes halogenated alkanes) is 6. The van der Waals surface area contributed by atoms with Crippen molar-refractivity contribution in [1.29, 1.82) is 0 Å². The highest BCUT2D eigenvalue weighted by Gasteiger charge is 2.54. The minimum atomic E-state index is -5.42. The molecule has 1 saturated carbocycles. The van der Waals surface area contributed by atoms with Gasteiger partial charge in [0, 0.05) is 12.8 Å². The smallest absolute Gasteiger partial charge is 0.462 e. The second-order valence-corrected chi connectivity index (χ2v) is 19.6. The molecule has 21 heteroatoms. The summed E-state index contributed by atoms with van der Waals surface area (Å²) in [7, 11) is -10.8. The van der Waals surface area contributed by atoms with Gasteiger partial charge in [0.2, 0.25) is 0 Å². The number of rotatable bonds is 39. The summed E-state index contributed by atoms with van der Waals surface area (Å²) in [5.41, 5.74) is 0. The maximum atomic E-state index is 13.0. The Labute approximate surface area is 425 Å². The summed E-state index contributed by atoms with van der Waals surface area (Å²) in [4.78, 5) is 54.4. The Kier molecular flexibility index (Phi) is 36.9. The van der Waals surface area contributed by atoms with E-state index in [-0.39, 0.29) is 25.7 Å². The summed E-state index contributed by atoms with van der Waals surface area (Å²) in [5, 5.41) is 71.9. The van der Waals surface area contributed by atoms with E-state index in [1.54, 1.807) is 36.5 Å². The highest BCUT2D eigenvalue weighted by molar-refractivity contribution is 7.47. The molecule has 0 radical (unpaired) electrons. The molecule has 0 bridgehead atoms. The molecule has 1 aliphatic rings. The topological polar surface area (TPSA) is 317 Å². The van der Waals surface area contributed by atoms with Gasteiger partial charge >= 0.3 is 27.6 Å². The van der Waals surface area contributed by atoms with Gasteiger partial charge in [-0.1, -0.05) is 149 Å². The fraction of sp³-hybridized carbons (Fsp3) is 0.608. The molecule has 410 valence electrons. The van der Waals surface area contributed by atoms with Gasteiger partial charge in [0.05, 0.1) is 24.9 Å². The largest absolute Gasteiger partial charge is 0.472 e. The average Bonchev–Trinajstić information content (AvgIpc) is 3.33. The lowest BCUT2D eigenvalue weighted by Gasteiger charge is -2.43. The molecule has 11 atom stereocenters. The fourth-order valence-electron chi connectivity index (χ4n) is 6.77. The number of ether oxygens (including phenoxy) is 2. The van der Waals surface area contributed by atoms with Crippen LogP contribution in [0.2, 0.25) is 0 Å². The van der Waals surface area contributed by atoms with Gasteiger partial charge in [-0.05, 0) is 70.6 Å². The SMILES string of the molecule is CC/C=C\C/C=C\C/C=C\C/C=C\CCCCCCCCC(=O)OC[C@H](COP(=O)(O)O[C@H]1C(O)C(O)C(O)[C@@H](OP(=O)(O)O)C1O)OC(=O)CCC[C@@H](O)[C@H](O)\C=C/C=C\C=C\C=C\[C@@H](O)C/C=C\CC. The first-order valence-electron chi connectivity index (χ1n) is 24.8. The first-order valence-corrected chi connectivity index (χ1v) is 27.8. The minimum Gasteiger partial charge on any atom is -0.462 e. The maximum absolute atomic E-state index is 13.0. The minimum absolute atomic E-state index is 0.0127. The summed E-state index contributed by atoms with van der Waals surface area (Å²) < 4.78 is 49.2. The van der Waals surface area contributed by atoms with Crippen molar-refractivity contribution < 1.29 is 92.2 Å². The summed E-state index contributed by atoms with van der Waals surface area (Å²) in [5.74, 6) is -1.57. The van der Waals surface area contributed by atoms with Gasteiger partial charge in [-0.2, -0.15) is 0 Å². The zero-order valence-corrected chi connectivity index (χ0v) is 43.4. The zero-order chi connectivity index (χ0) is 53.6. The molecular weight excluding hydrogens is 978 g/mol. The zero-order valence-electron chi connectivity index (χ0n) is 41.6. The third-order valence-electron chi connectivity index (χ3n) is 10.7. The number of allylic oxidation sites excluding steroid dienone is 15. The Morgan fingerprint density at radius 2 is 1.07 bits per heavy atom. The molecule has 0 heterocycles. The van der Waals surface area contributed by atoms with Crippen LogP contribution in [0, 0.1) is 0 Å². The van der Waals surface area contributed by atoms with Crippen LogP contribution in [0.15, 0.2) is 109 Å². The summed E-state index contributed by atoms with van der Waals surface area (Å²) in [6, 6.07) is 0. The number of carbonyl (C=O) groups is 2. The lowest BCUT2D eigenvalue weighted by atomic mass is 9.85. The number of phosphoric acid groups is 2. The van der Waals surface area contributed by atoms with Gasteiger partial charge in [0.1, 0.15) is 43.2 Å². The molecule has 10 N–H and O–H groups in total. The standard InChI is InChI=1S/C51H82O19P2/c1-3-5-7-8-9-10-11-12-13-14-15-16-17-18-19-20-21-26-30-36-44(55)66-38-41(39-67-72(64,65)70-51-48(59)46(57)47(58)50(49(51)60)69-71(61,62)63)68-45(56)37-31-35-43(54)42(53)34-29-25-23-22-24-28-33-40(52)32-27-6-4-2/h5-7,9-10,12-13,15-16,22-25,27-29,33-34,40-43,46-54,57-60H,3-4,8,11,14,17-21,26,30-32,35-39H2,1-2H3,(H,64,65)(H2,61,62,63)/b7-5-,10-9-,13-12-,16-15-,24-22+,25-23-,27-6-,33-28+,34-29-/t40-,41+,42+,43+,46?,47?,48?,49?,50+,51-/m0/s1. The van der Waals surface area contributed by atoms with Crippen LogP contribution in [0.4, 0.5) is 0 Å². The molecule has 0 aliphatic heterocycles. The molecule has 1 aliphatic carbocycles. The van der Waals surface area contributed by atoms with E-state index in [0.717, 1.165) is 70.6 Å². The molecule has 0 aromatic rings. The van der Waals surface area contributed by atoms with E-state index in [9.17, 15) is 69.1 Å². The van der Waals surface area contributed by atoms with Crippen LogP contribution >= 0.6 is 15.6 Å². The molecule has 0 aromatic heterocycles. The van der Waals surface area contributed by atoms with Crippen molar-refractivity contribution in [2.24, 2.45) is 0 Å². The van der Waals surface area contributed by atoms with Crippen LogP contribution in [-0.2, 0) is 41.8 Å². The third kappa shape index (κ3) is 33.4. The number of aliphatic hydroxyl groups is 7. The van der Waals surface area contributed by atoms with Crippen LogP contribution in [0.5, 0.6) is 0 Å². The van der Waals surface area contributed by atoms with E-state index in [1.165, 1.54) is 12.2 Å². The summed E-state index contributed by atoms with van der Waals surface area (Å²) >= 11 is 0. The quantitative estimate of drug-likeness (QED) is 0.0101. The van der Waals surface area contributed by atoms with Crippen LogP contribution in [-0.4, -0.2) is 137 Å². The van der Waals surface area contributed by atoms with Crippen LogP contribution in [0.3, 0.4) is 0 Å². The van der Waals surface area contributed by atoms with E-state index in [4.69, 9.17) is 18.5 Å². The first kappa shape index (κ1) is 66.6. The van der Waals surface area contributed by atoms with Crippen molar-refractivity contribution in [1.82, 2.24) is 0 Å². The highest BCUT2D eigenvalue weighted by atomic mass is 31.2. The Hall–Kier alpha value is -3.46. The normalized spacial score (nSPS) is 23.0. The van der Waals surface area contributed by atoms with Gasteiger partial charge in [0.25, 0.3) is 0 Å². The molecule has 0 saturated heterocycles. The molecular formula is C51H82O19P2. The van der Waals surface area contributed by atoms with E-state index in [1.807, 2.05) is 19.1 Å². The maximum Gasteiger partial charge on any atom is 0.472 e. The molecule has 5 unspecified atom stereocenters. The number of aliphatic hydroxyl groups excluding tert-OH is 7. The molecule has 0 aromatic carbocycles. The van der Waals surface area contributed by atoms with Crippen LogP contribution in [0.25, 0.3) is 0 Å². The number of carbonyl (C=O) groups excluding carboxylic acids is 2. The Morgan fingerprint density at radius 3 is 1.68 bits per heavy atom. The Bertz CT molecular complexity index is 1850. The number of hydrogen-bond donors (Lipinski definition) is 10. The van der Waals surface area contributed by atoms with Gasteiger partial charge < -0.3 is 59.9 Å². The average molecular weight is 1060 g/mol. The first-order chi connectivity index (χ1) is 34.3. The molecule has 0 spiro atoms. The Balaban J connectivity index is 2.72. The molecule has 1 fully saturated rings. The Morgan fingerprint density at radius 1 is 0.556 bits per heavy atom. The monoisotopic (exact) mass is 1060 g/mol. The van der Waals surface area contributed by atoms with Crippen molar-refractivity contribution in [3.8, 4) is 0 Å². The summed E-state index contributed by atoms with van der Waals surface area (Å²) in [6.07, 6.45) is 26.6. The second-order valence-electron chi connectivity index (χ2n) is 17.0. The highest BCUT2D eigenvalue weighted by Crippen LogP contribution is 2.49. The van der Waals surface area contributed by atoms with E-state index < -0.39 is 102 Å². The van der Waals surface area contributed by atoms with Crippen molar-refractivity contribution in [3.63, 3.8) is 0 Å². The third-order valence-corrected chi connectivity index (χ3v) is 12.2. The van der Waals surface area contributed by atoms with Crippen molar-refractivity contribution in [3.05, 3.63) is 109 Å². The van der Waals surface area contributed by atoms with Gasteiger partial charge in [-0.15, -0.1) is 0 Å². The van der Waals surface area contributed by atoms with E-state index in [0.29, 0.717) is 12.8 Å². The molecule has 1 rings (SSSR count). The number of esters is 2. The lowest BCUT2D eigenvalue weighted by molar-refractivity contribution is -0.216. The van der Waals surface area contributed by atoms with Crippen LogP contribution in [0.1, 0.15) is 123 Å². The fourth-order valence-corrected chi connectivity index (χ4v) is 8.31. The number of hydrogen-bond acceptors (Lipinski definition) is 16. The van der Waals surface area contributed by atoms with Crippen molar-refractivity contribution in [2.45, 2.75) is 184 Å². The van der Waals surface area contributed by atoms with E-state index in [2.05, 4.69) is 60.1 Å². The van der Waals surface area contributed by atoms with E-state index >= 15 is 0 Å². The molecule has 19 nitrogen and oxygen atoms in total. The van der Waals surface area contributed by atoms with Crippen molar-refractivity contribution in [2.75, 3.05) is 13.2 Å². The molecule has 0 amide bonds. The lowest BCUT2D eigenvalue weighted by Crippen LogP contribution is -2.64. The van der Waals surface area contributed by atoms with Gasteiger partial charge in [-0.25, -0.2) is 9.13 Å². The van der Waals surface area contributed by atoms with Crippen molar-refractivity contribution >= 4 is 27.6 Å². The second kappa shape index (κ2) is 39.9. The molecule has 72 heavy (non-hydrogen) atoms. The van der Waals surface area contributed by atoms with Gasteiger partial charge in [0.15, 0.2) is 6.10 Å².